The van der Waals surface area contributed by atoms with Gasteiger partial charge in [-0.05, 0) is 154 Å². The van der Waals surface area contributed by atoms with E-state index in [1.54, 1.807) is 0 Å². The Morgan fingerprint density at radius 2 is 0.976 bits per heavy atom. The van der Waals surface area contributed by atoms with E-state index in [1.807, 2.05) is 0 Å². The molecule has 42 heavy (non-hydrogen) atoms. The maximum absolute atomic E-state index is 13.7. The molecular formula is C36H55NO5. The second kappa shape index (κ2) is 14.5. The van der Waals surface area contributed by atoms with Crippen LogP contribution in [0.25, 0.3) is 0 Å². The summed E-state index contributed by atoms with van der Waals surface area (Å²) in [5, 5.41) is 0. The zero-order valence-corrected chi connectivity index (χ0v) is 27.8. The third kappa shape index (κ3) is 10.5. The molecule has 0 aromatic carbocycles. The third-order valence-corrected chi connectivity index (χ3v) is 7.48. The molecule has 6 heteroatoms. The quantitative estimate of drug-likeness (QED) is 0.183. The largest absolute Gasteiger partial charge is 0.376 e. The Hall–Kier alpha value is -2.15. The molecule has 0 bridgehead atoms. The van der Waals surface area contributed by atoms with Crippen molar-refractivity contribution in [3.8, 4) is 0 Å². The number of carbonyl (C=O) groups excluding carboxylic acids is 2. The highest BCUT2D eigenvalue weighted by Gasteiger charge is 2.33. The zero-order chi connectivity index (χ0) is 31.1. The molecule has 0 amide bonds. The Morgan fingerprint density at radius 1 is 0.595 bits per heavy atom. The fourth-order valence-corrected chi connectivity index (χ4v) is 5.47. The predicted octanol–water partition coefficient (Wildman–Crippen LogP) is 8.13. The van der Waals surface area contributed by atoms with E-state index in [0.29, 0.717) is 44.1 Å². The highest BCUT2D eigenvalue weighted by atomic mass is 16.5. The summed E-state index contributed by atoms with van der Waals surface area (Å²) in [6.45, 7) is 20.5. The molecule has 0 aliphatic heterocycles. The van der Waals surface area contributed by atoms with Crippen LogP contribution in [0.15, 0.2) is 23.3 Å². The standard InChI is InChI=1S/C36H55NO5/c1-34(2,3)40-22-12-10-15-25-18-20-28-27(17-14-24-42-36(7,8)9)29-21-19-26(16-11-13-23-41-35(4,5)6)33(39)31(29)37-30(28)32(25)38/h15-16H,10-14,17-24H2,1-9H3/b25-15+,26-16+. The Bertz CT molecular complexity index is 1090. The van der Waals surface area contributed by atoms with Crippen LogP contribution in [-0.2, 0) is 33.5 Å². The predicted molar refractivity (Wildman–Crippen MR) is 170 cm³/mol. The van der Waals surface area contributed by atoms with Crippen LogP contribution in [0, 0.1) is 0 Å². The van der Waals surface area contributed by atoms with Crippen molar-refractivity contribution in [2.75, 3.05) is 19.8 Å². The molecule has 2 aliphatic rings. The molecular weight excluding hydrogens is 526 g/mol. The van der Waals surface area contributed by atoms with E-state index in [9.17, 15) is 9.59 Å². The summed E-state index contributed by atoms with van der Waals surface area (Å²) in [5.41, 5.74) is 5.31. The van der Waals surface area contributed by atoms with Crippen LogP contribution < -0.4 is 0 Å². The number of hydrogen-bond donors (Lipinski definition) is 0. The molecule has 0 saturated carbocycles. The summed E-state index contributed by atoms with van der Waals surface area (Å²) in [5.74, 6) is -0.0440. The fraction of sp³-hybridized carbons (Fsp3) is 0.694. The van der Waals surface area contributed by atoms with Crippen LogP contribution in [-0.4, -0.2) is 53.2 Å². The van der Waals surface area contributed by atoms with Gasteiger partial charge in [0.2, 0.25) is 11.6 Å². The summed E-state index contributed by atoms with van der Waals surface area (Å²) < 4.78 is 17.7. The number of aromatic nitrogens is 1. The number of rotatable bonds is 12. The smallest absolute Gasteiger partial charge is 0.207 e. The molecule has 0 fully saturated rings. The van der Waals surface area contributed by atoms with Crippen molar-refractivity contribution < 1.29 is 23.8 Å². The molecule has 0 spiro atoms. The zero-order valence-electron chi connectivity index (χ0n) is 27.8. The Labute approximate surface area is 254 Å². The van der Waals surface area contributed by atoms with Crippen LogP contribution in [0.5, 0.6) is 0 Å². The minimum Gasteiger partial charge on any atom is -0.376 e. The lowest BCUT2D eigenvalue weighted by molar-refractivity contribution is -0.00418. The van der Waals surface area contributed by atoms with Crippen molar-refractivity contribution in [2.24, 2.45) is 0 Å². The fourth-order valence-electron chi connectivity index (χ4n) is 5.47. The van der Waals surface area contributed by atoms with Crippen molar-refractivity contribution >= 4 is 11.6 Å². The van der Waals surface area contributed by atoms with Gasteiger partial charge in [-0.3, -0.25) is 9.59 Å². The number of ketones is 2. The second-order valence-electron chi connectivity index (χ2n) is 14.6. The van der Waals surface area contributed by atoms with Crippen molar-refractivity contribution in [3.05, 3.63) is 51.4 Å². The summed E-state index contributed by atoms with van der Waals surface area (Å²) in [4.78, 5) is 32.3. The molecule has 0 radical (unpaired) electrons. The van der Waals surface area contributed by atoms with Gasteiger partial charge in [0.15, 0.2) is 0 Å². The number of hydrogen-bond acceptors (Lipinski definition) is 6. The maximum atomic E-state index is 13.7. The highest BCUT2D eigenvalue weighted by molar-refractivity contribution is 6.13. The maximum Gasteiger partial charge on any atom is 0.207 e. The molecule has 0 unspecified atom stereocenters. The normalized spacial score (nSPS) is 18.1. The average molecular weight is 582 g/mol. The summed E-state index contributed by atoms with van der Waals surface area (Å²) >= 11 is 0. The lowest BCUT2D eigenvalue weighted by Crippen LogP contribution is -2.26. The van der Waals surface area contributed by atoms with E-state index in [-0.39, 0.29) is 28.4 Å². The minimum absolute atomic E-state index is 0.0220. The van der Waals surface area contributed by atoms with Crippen LogP contribution in [0.3, 0.4) is 0 Å². The number of Topliss-reactive ketones (excluding diaryl/α,β-unsaturated/α-hetero) is 2. The van der Waals surface area contributed by atoms with Crippen LogP contribution >= 0.6 is 0 Å². The van der Waals surface area contributed by atoms with E-state index in [1.165, 1.54) is 0 Å². The van der Waals surface area contributed by atoms with Crippen LogP contribution in [0.2, 0.25) is 0 Å². The van der Waals surface area contributed by atoms with Crippen molar-refractivity contribution in [3.63, 3.8) is 0 Å². The number of nitrogens with zero attached hydrogens (tertiary/aromatic N) is 1. The van der Waals surface area contributed by atoms with E-state index < -0.39 is 0 Å². The van der Waals surface area contributed by atoms with Crippen molar-refractivity contribution in [1.29, 1.82) is 0 Å². The van der Waals surface area contributed by atoms with E-state index in [0.717, 1.165) is 79.2 Å². The number of fused-ring (bicyclic) bond motifs is 2. The monoisotopic (exact) mass is 581 g/mol. The first-order valence-corrected chi connectivity index (χ1v) is 16.0. The lowest BCUT2D eigenvalue weighted by Gasteiger charge is -2.27. The molecule has 6 nitrogen and oxygen atoms in total. The van der Waals surface area contributed by atoms with Gasteiger partial charge in [-0.2, -0.15) is 0 Å². The molecule has 1 heterocycles. The number of unbranched alkanes of at least 4 members (excludes halogenated alkanes) is 2. The Balaban J connectivity index is 1.83. The molecule has 2 aliphatic carbocycles. The van der Waals surface area contributed by atoms with E-state index in [4.69, 9.17) is 19.2 Å². The Morgan fingerprint density at radius 3 is 1.36 bits per heavy atom. The van der Waals surface area contributed by atoms with Gasteiger partial charge in [0.25, 0.3) is 0 Å². The number of ether oxygens (including phenoxy) is 3. The van der Waals surface area contributed by atoms with Gasteiger partial charge in [-0.25, -0.2) is 4.98 Å². The van der Waals surface area contributed by atoms with Crippen molar-refractivity contribution in [2.45, 2.75) is 143 Å². The summed E-state index contributed by atoms with van der Waals surface area (Å²) in [6, 6.07) is 0. The molecule has 234 valence electrons. The first-order valence-electron chi connectivity index (χ1n) is 16.0. The molecule has 3 rings (SSSR count). The van der Waals surface area contributed by atoms with Gasteiger partial charge in [0.05, 0.1) is 16.8 Å². The van der Waals surface area contributed by atoms with Gasteiger partial charge in [0.1, 0.15) is 11.4 Å². The number of allylic oxidation sites excluding steroid dienone is 4. The second-order valence-corrected chi connectivity index (χ2v) is 14.6. The number of pyridine rings is 1. The third-order valence-electron chi connectivity index (χ3n) is 7.48. The molecule has 0 saturated heterocycles. The molecule has 1 aromatic heterocycles. The van der Waals surface area contributed by atoms with Gasteiger partial charge in [-0.15, -0.1) is 0 Å². The average Bonchev–Trinajstić information content (AvgIpc) is 2.86. The number of carbonyl (C=O) groups is 2. The minimum atomic E-state index is -0.196. The summed E-state index contributed by atoms with van der Waals surface area (Å²) in [7, 11) is 0. The molecule has 0 N–H and O–H groups in total. The summed E-state index contributed by atoms with van der Waals surface area (Å²) in [6.07, 6.45) is 12.1. The Kier molecular flexibility index (Phi) is 11.9. The highest BCUT2D eigenvalue weighted by Crippen LogP contribution is 2.35. The molecule has 0 atom stereocenters. The van der Waals surface area contributed by atoms with E-state index in [2.05, 4.69) is 74.5 Å². The van der Waals surface area contributed by atoms with E-state index >= 15 is 0 Å². The molecule has 1 aromatic rings. The van der Waals surface area contributed by atoms with Crippen LogP contribution in [0.1, 0.15) is 145 Å². The first-order chi connectivity index (χ1) is 19.6. The van der Waals surface area contributed by atoms with Crippen LogP contribution in [0.4, 0.5) is 0 Å². The van der Waals surface area contributed by atoms with Gasteiger partial charge >= 0.3 is 0 Å². The first kappa shape index (κ1) is 34.3. The van der Waals surface area contributed by atoms with Gasteiger partial charge in [-0.1, -0.05) is 12.2 Å². The topological polar surface area (TPSA) is 74.7 Å². The van der Waals surface area contributed by atoms with Crippen molar-refractivity contribution in [1.82, 2.24) is 4.98 Å². The SMILES string of the molecule is CC(C)(C)OCCC/C=C1\CCc2c(nc3c(c2CCCOC(C)(C)C)CC/C(=C\CCCOC(C)(C)C)C3=O)C1=O. The lowest BCUT2D eigenvalue weighted by atomic mass is 9.79. The van der Waals surface area contributed by atoms with Gasteiger partial charge < -0.3 is 14.2 Å². The van der Waals surface area contributed by atoms with Gasteiger partial charge in [0, 0.05) is 19.8 Å².